The van der Waals surface area contributed by atoms with Gasteiger partial charge in [-0.1, -0.05) is 90.4 Å². The topological polar surface area (TPSA) is 97.7 Å². The van der Waals surface area contributed by atoms with Gasteiger partial charge in [0.1, 0.15) is 0 Å². The third-order valence-corrected chi connectivity index (χ3v) is 5.74. The molecule has 1 N–H and O–H groups in total. The highest BCUT2D eigenvalue weighted by Crippen LogP contribution is 2.13. The maximum atomic E-state index is 11.6. The van der Waals surface area contributed by atoms with E-state index >= 15 is 0 Å². The van der Waals surface area contributed by atoms with Crippen molar-refractivity contribution in [2.75, 3.05) is 5.75 Å². The Bertz CT molecular complexity index is 487. The van der Waals surface area contributed by atoms with Crippen LogP contribution in [0.4, 0.5) is 0 Å². The molecule has 0 saturated heterocycles. The number of rotatable bonds is 19. The first-order valence-corrected chi connectivity index (χ1v) is 12.1. The van der Waals surface area contributed by atoms with E-state index in [-0.39, 0.29) is 5.75 Å². The van der Waals surface area contributed by atoms with Gasteiger partial charge in [-0.15, -0.1) is 0 Å². The number of carbonyl (C=O) groups is 2. The first-order valence-electron chi connectivity index (χ1n) is 10.5. The number of aliphatic carboxylic acids is 1. The summed E-state index contributed by atoms with van der Waals surface area (Å²) in [5.74, 6) is -2.34. The van der Waals surface area contributed by atoms with Gasteiger partial charge in [-0.05, 0) is 6.42 Å². The van der Waals surface area contributed by atoms with Crippen molar-refractivity contribution in [2.24, 2.45) is 0 Å². The average molecular weight is 407 g/mol. The van der Waals surface area contributed by atoms with Crippen molar-refractivity contribution in [2.45, 2.75) is 110 Å². The number of carbonyl (C=O) groups excluding carboxylic acids is 1. The number of hydrogen-bond acceptors (Lipinski definition) is 5. The number of hydrogen-bond donors (Lipinski definition) is 1. The highest BCUT2D eigenvalue weighted by Gasteiger charge is 2.17. The fourth-order valence-electron chi connectivity index (χ4n) is 2.91. The van der Waals surface area contributed by atoms with Gasteiger partial charge in [0.25, 0.3) is 0 Å². The fourth-order valence-corrected chi connectivity index (χ4v) is 3.91. The second kappa shape index (κ2) is 17.0. The van der Waals surface area contributed by atoms with Gasteiger partial charge in [-0.3, -0.25) is 9.59 Å². The molecule has 0 amide bonds. The molecule has 27 heavy (non-hydrogen) atoms. The van der Waals surface area contributed by atoms with E-state index in [4.69, 9.17) is 5.11 Å². The molecule has 160 valence electrons. The SMILES string of the molecule is CCCCCCCCCCCCCCCCS(=O)(=O)OC(=O)CCC(=O)O. The highest BCUT2D eigenvalue weighted by atomic mass is 32.2. The van der Waals surface area contributed by atoms with Crippen LogP contribution in [0.5, 0.6) is 0 Å². The minimum absolute atomic E-state index is 0.191. The van der Waals surface area contributed by atoms with Crippen LogP contribution < -0.4 is 0 Å². The maximum absolute atomic E-state index is 11.6. The first kappa shape index (κ1) is 25.9. The zero-order chi connectivity index (χ0) is 20.4. The van der Waals surface area contributed by atoms with Crippen molar-refractivity contribution in [3.63, 3.8) is 0 Å². The van der Waals surface area contributed by atoms with Gasteiger partial charge in [0.15, 0.2) is 0 Å². The normalized spacial score (nSPS) is 11.4. The summed E-state index contributed by atoms with van der Waals surface area (Å²) >= 11 is 0. The Morgan fingerprint density at radius 1 is 0.704 bits per heavy atom. The summed E-state index contributed by atoms with van der Waals surface area (Å²) < 4.78 is 27.6. The van der Waals surface area contributed by atoms with E-state index in [1.165, 1.54) is 64.2 Å². The standard InChI is InChI=1S/C20H38O6S/c1-2-3-4-5-6-7-8-9-10-11-12-13-14-15-18-27(24,25)26-20(23)17-16-19(21)22/h2-18H2,1H3,(H,21,22). The minimum atomic E-state index is -3.89. The smallest absolute Gasteiger partial charge is 0.322 e. The Kier molecular flexibility index (Phi) is 16.3. The van der Waals surface area contributed by atoms with Crippen LogP contribution in [0.1, 0.15) is 110 Å². The van der Waals surface area contributed by atoms with Crippen molar-refractivity contribution < 1.29 is 27.3 Å². The molecule has 0 heterocycles. The van der Waals surface area contributed by atoms with Crippen LogP contribution in [0.25, 0.3) is 0 Å². The predicted molar refractivity (Wildman–Crippen MR) is 107 cm³/mol. The molecular formula is C20H38O6S. The van der Waals surface area contributed by atoms with Crippen LogP contribution >= 0.6 is 0 Å². The van der Waals surface area contributed by atoms with E-state index < -0.39 is 34.9 Å². The Balaban J connectivity index is 3.45. The number of carboxylic acids is 1. The molecule has 0 aliphatic carbocycles. The van der Waals surface area contributed by atoms with Gasteiger partial charge in [0.2, 0.25) is 0 Å². The summed E-state index contributed by atoms with van der Waals surface area (Å²) in [6.45, 7) is 2.23. The second-order valence-electron chi connectivity index (χ2n) is 7.21. The largest absolute Gasteiger partial charge is 0.481 e. The van der Waals surface area contributed by atoms with Crippen LogP contribution in [-0.2, 0) is 23.9 Å². The molecular weight excluding hydrogens is 368 g/mol. The van der Waals surface area contributed by atoms with E-state index in [2.05, 4.69) is 11.1 Å². The Morgan fingerprint density at radius 2 is 1.11 bits per heavy atom. The molecule has 0 atom stereocenters. The molecule has 0 unspecified atom stereocenters. The van der Waals surface area contributed by atoms with E-state index in [0.29, 0.717) is 6.42 Å². The molecule has 0 spiro atoms. The molecule has 0 aliphatic rings. The third kappa shape index (κ3) is 19.5. The highest BCUT2D eigenvalue weighted by molar-refractivity contribution is 7.87. The van der Waals surface area contributed by atoms with Gasteiger partial charge < -0.3 is 9.29 Å². The van der Waals surface area contributed by atoms with Crippen molar-refractivity contribution in [1.29, 1.82) is 0 Å². The number of unbranched alkanes of at least 4 members (excludes halogenated alkanes) is 13. The average Bonchev–Trinajstić information content (AvgIpc) is 2.60. The summed E-state index contributed by atoms with van der Waals surface area (Å²) in [4.78, 5) is 21.6. The van der Waals surface area contributed by atoms with E-state index in [0.717, 1.165) is 19.3 Å². The van der Waals surface area contributed by atoms with E-state index in [1.54, 1.807) is 0 Å². The second-order valence-corrected chi connectivity index (χ2v) is 8.90. The first-order chi connectivity index (χ1) is 12.9. The maximum Gasteiger partial charge on any atom is 0.322 e. The quantitative estimate of drug-likeness (QED) is 0.234. The van der Waals surface area contributed by atoms with Gasteiger partial charge >= 0.3 is 22.1 Å². The lowest BCUT2D eigenvalue weighted by Crippen LogP contribution is -2.17. The Morgan fingerprint density at radius 3 is 1.52 bits per heavy atom. The van der Waals surface area contributed by atoms with Crippen LogP contribution in [0.2, 0.25) is 0 Å². The molecule has 0 saturated carbocycles. The monoisotopic (exact) mass is 406 g/mol. The lowest BCUT2D eigenvalue weighted by molar-refractivity contribution is -0.142. The molecule has 0 rings (SSSR count). The zero-order valence-corrected chi connectivity index (χ0v) is 17.7. The number of carboxylic acid groups (broad SMARTS) is 1. The molecule has 7 heteroatoms. The van der Waals surface area contributed by atoms with Crippen molar-refractivity contribution in [3.05, 3.63) is 0 Å². The van der Waals surface area contributed by atoms with E-state index in [9.17, 15) is 18.0 Å². The van der Waals surface area contributed by atoms with E-state index in [1.807, 2.05) is 0 Å². The van der Waals surface area contributed by atoms with Gasteiger partial charge in [0, 0.05) is 0 Å². The van der Waals surface area contributed by atoms with Gasteiger partial charge in [0.05, 0.1) is 18.6 Å². The molecule has 0 aromatic carbocycles. The van der Waals surface area contributed by atoms with Gasteiger partial charge in [-0.2, -0.15) is 8.42 Å². The molecule has 0 aromatic heterocycles. The van der Waals surface area contributed by atoms with Crippen molar-refractivity contribution in [1.82, 2.24) is 0 Å². The van der Waals surface area contributed by atoms with Crippen LogP contribution in [-0.4, -0.2) is 31.2 Å². The molecule has 0 aromatic rings. The lowest BCUT2D eigenvalue weighted by atomic mass is 10.0. The summed E-state index contributed by atoms with van der Waals surface area (Å²) in [6.07, 6.45) is 15.6. The molecule has 0 bridgehead atoms. The summed E-state index contributed by atoms with van der Waals surface area (Å²) in [5, 5.41) is 8.45. The summed E-state index contributed by atoms with van der Waals surface area (Å²) in [5.41, 5.74) is 0. The summed E-state index contributed by atoms with van der Waals surface area (Å²) in [7, 11) is -3.89. The molecule has 0 aliphatic heterocycles. The van der Waals surface area contributed by atoms with Crippen LogP contribution in [0, 0.1) is 0 Å². The van der Waals surface area contributed by atoms with Crippen molar-refractivity contribution in [3.8, 4) is 0 Å². The summed E-state index contributed by atoms with van der Waals surface area (Å²) in [6, 6.07) is 0. The Labute approximate surface area is 165 Å². The molecule has 6 nitrogen and oxygen atoms in total. The lowest BCUT2D eigenvalue weighted by Gasteiger charge is -2.05. The zero-order valence-electron chi connectivity index (χ0n) is 16.9. The molecule has 0 fully saturated rings. The van der Waals surface area contributed by atoms with Crippen LogP contribution in [0.3, 0.4) is 0 Å². The predicted octanol–water partition coefficient (Wildman–Crippen LogP) is 5.21. The fraction of sp³-hybridized carbons (Fsp3) is 0.900. The molecule has 0 radical (unpaired) electrons. The van der Waals surface area contributed by atoms with Crippen molar-refractivity contribution >= 4 is 22.1 Å². The van der Waals surface area contributed by atoms with Gasteiger partial charge in [-0.25, -0.2) is 0 Å². The Hall–Kier alpha value is -1.11. The third-order valence-electron chi connectivity index (χ3n) is 4.51. The van der Waals surface area contributed by atoms with Crippen LogP contribution in [0.15, 0.2) is 0 Å². The minimum Gasteiger partial charge on any atom is -0.481 e.